The maximum absolute atomic E-state index is 5.81. The molecule has 3 heterocycles. The minimum Gasteiger partial charge on any atom is -0.424 e. The fourth-order valence-electron chi connectivity index (χ4n) is 2.77. The molecule has 0 bridgehead atoms. The van der Waals surface area contributed by atoms with Crippen LogP contribution in [0.4, 0.5) is 0 Å². The Kier molecular flexibility index (Phi) is 4.64. The van der Waals surface area contributed by atoms with Crippen molar-refractivity contribution >= 4 is 11.3 Å². The van der Waals surface area contributed by atoms with E-state index in [2.05, 4.69) is 32.2 Å². The van der Waals surface area contributed by atoms with Crippen LogP contribution in [0, 0.1) is 0 Å². The van der Waals surface area contributed by atoms with Gasteiger partial charge in [-0.25, -0.2) is 4.98 Å². The molecule has 0 spiro atoms. The summed E-state index contributed by atoms with van der Waals surface area (Å²) in [4.78, 5) is 6.62. The van der Waals surface area contributed by atoms with E-state index < -0.39 is 0 Å². The van der Waals surface area contributed by atoms with Crippen LogP contribution < -0.4 is 0 Å². The third-order valence-electron chi connectivity index (χ3n) is 3.94. The van der Waals surface area contributed by atoms with Gasteiger partial charge in [-0.1, -0.05) is 30.3 Å². The summed E-state index contributed by atoms with van der Waals surface area (Å²) < 4.78 is 11.6. The largest absolute Gasteiger partial charge is 0.424 e. The van der Waals surface area contributed by atoms with Gasteiger partial charge in [0.05, 0.1) is 19.6 Å². The van der Waals surface area contributed by atoms with Gasteiger partial charge in [-0.3, -0.25) is 4.90 Å². The van der Waals surface area contributed by atoms with Crippen molar-refractivity contribution in [2.24, 2.45) is 0 Å². The Hall–Kier alpha value is -2.09. The average Bonchev–Trinajstić information content (AvgIpc) is 3.28. The Labute approximate surface area is 144 Å². The van der Waals surface area contributed by atoms with Gasteiger partial charge in [-0.2, -0.15) is 0 Å². The number of morpholine rings is 1. The highest BCUT2D eigenvalue weighted by atomic mass is 32.1. The predicted molar refractivity (Wildman–Crippen MR) is 89.6 cm³/mol. The van der Waals surface area contributed by atoms with Crippen molar-refractivity contribution in [1.29, 1.82) is 0 Å². The zero-order chi connectivity index (χ0) is 16.2. The molecule has 24 heavy (non-hydrogen) atoms. The van der Waals surface area contributed by atoms with Crippen molar-refractivity contribution in [2.75, 3.05) is 19.7 Å². The summed E-state index contributed by atoms with van der Waals surface area (Å²) >= 11 is 1.63. The molecule has 1 fully saturated rings. The monoisotopic (exact) mass is 342 g/mol. The van der Waals surface area contributed by atoms with Crippen molar-refractivity contribution in [1.82, 2.24) is 20.1 Å². The van der Waals surface area contributed by atoms with E-state index in [1.54, 1.807) is 11.3 Å². The van der Waals surface area contributed by atoms with Crippen molar-refractivity contribution in [2.45, 2.75) is 19.1 Å². The van der Waals surface area contributed by atoms with E-state index in [1.165, 1.54) is 5.56 Å². The first-order chi connectivity index (χ1) is 11.9. The summed E-state index contributed by atoms with van der Waals surface area (Å²) in [6.45, 7) is 2.99. The molecule has 1 aromatic carbocycles. The molecule has 3 aromatic rings. The van der Waals surface area contributed by atoms with Gasteiger partial charge >= 0.3 is 0 Å². The van der Waals surface area contributed by atoms with Crippen molar-refractivity contribution in [3.8, 4) is 0 Å². The van der Waals surface area contributed by atoms with Crippen LogP contribution in [-0.4, -0.2) is 39.8 Å². The van der Waals surface area contributed by atoms with Gasteiger partial charge in [-0.05, 0) is 5.56 Å². The molecule has 0 saturated carbocycles. The van der Waals surface area contributed by atoms with Crippen molar-refractivity contribution in [3.63, 3.8) is 0 Å². The fourth-order valence-corrected chi connectivity index (χ4v) is 3.45. The Bertz CT molecular complexity index is 760. The second-order valence-corrected chi connectivity index (χ2v) is 6.64. The number of rotatable bonds is 5. The zero-order valence-corrected chi connectivity index (χ0v) is 14.0. The molecule has 2 aromatic heterocycles. The SMILES string of the molecule is c1ccc(Cc2nnc(CN3CCOC(c4nccs4)C3)o2)cc1. The highest BCUT2D eigenvalue weighted by Gasteiger charge is 2.25. The molecule has 0 aliphatic carbocycles. The molecule has 124 valence electrons. The molecule has 4 rings (SSSR count). The number of thiazole rings is 1. The second-order valence-electron chi connectivity index (χ2n) is 5.72. The predicted octanol–water partition coefficient (Wildman–Crippen LogP) is 2.69. The number of benzene rings is 1. The zero-order valence-electron chi connectivity index (χ0n) is 13.2. The summed E-state index contributed by atoms with van der Waals surface area (Å²) in [5, 5.41) is 11.3. The highest BCUT2D eigenvalue weighted by molar-refractivity contribution is 7.09. The third kappa shape index (κ3) is 3.69. The van der Waals surface area contributed by atoms with Gasteiger partial charge < -0.3 is 9.15 Å². The Balaban J connectivity index is 1.37. The summed E-state index contributed by atoms with van der Waals surface area (Å²) in [6, 6.07) is 10.1. The van der Waals surface area contributed by atoms with E-state index in [9.17, 15) is 0 Å². The fraction of sp³-hybridized carbons (Fsp3) is 0.353. The van der Waals surface area contributed by atoms with E-state index in [-0.39, 0.29) is 6.10 Å². The normalized spacial score (nSPS) is 18.8. The van der Waals surface area contributed by atoms with E-state index >= 15 is 0 Å². The lowest BCUT2D eigenvalue weighted by Gasteiger charge is -2.30. The Morgan fingerprint density at radius 1 is 1.17 bits per heavy atom. The molecule has 0 amide bonds. The summed E-state index contributed by atoms with van der Waals surface area (Å²) in [5.74, 6) is 1.31. The van der Waals surface area contributed by atoms with Gasteiger partial charge in [0.15, 0.2) is 0 Å². The van der Waals surface area contributed by atoms with Crippen LogP contribution in [0.1, 0.15) is 28.5 Å². The molecular weight excluding hydrogens is 324 g/mol. The second kappa shape index (κ2) is 7.21. The van der Waals surface area contributed by atoms with Crippen molar-refractivity contribution < 1.29 is 9.15 Å². The number of hydrogen-bond donors (Lipinski definition) is 0. The molecule has 1 aliphatic rings. The van der Waals surface area contributed by atoms with Crippen molar-refractivity contribution in [3.05, 3.63) is 64.3 Å². The van der Waals surface area contributed by atoms with Crippen LogP contribution in [0.5, 0.6) is 0 Å². The summed E-state index contributed by atoms with van der Waals surface area (Å²) in [7, 11) is 0. The lowest BCUT2D eigenvalue weighted by atomic mass is 10.2. The number of hydrogen-bond acceptors (Lipinski definition) is 7. The molecule has 1 unspecified atom stereocenters. The molecule has 1 saturated heterocycles. The first-order valence-electron chi connectivity index (χ1n) is 7.95. The first-order valence-corrected chi connectivity index (χ1v) is 8.83. The quantitative estimate of drug-likeness (QED) is 0.710. The lowest BCUT2D eigenvalue weighted by molar-refractivity contribution is -0.0353. The first kappa shape index (κ1) is 15.4. The molecule has 0 radical (unpaired) electrons. The molecule has 1 atom stereocenters. The molecule has 0 N–H and O–H groups in total. The smallest absolute Gasteiger partial charge is 0.230 e. The average molecular weight is 342 g/mol. The Morgan fingerprint density at radius 2 is 2.04 bits per heavy atom. The topological polar surface area (TPSA) is 64.3 Å². The van der Waals surface area contributed by atoms with Gasteiger partial charge in [0.25, 0.3) is 0 Å². The van der Waals surface area contributed by atoms with Crippen LogP contribution in [0.15, 0.2) is 46.3 Å². The van der Waals surface area contributed by atoms with Crippen LogP contribution in [0.2, 0.25) is 0 Å². The Morgan fingerprint density at radius 3 is 2.88 bits per heavy atom. The van der Waals surface area contributed by atoms with Crippen LogP contribution >= 0.6 is 11.3 Å². The molecule has 6 nitrogen and oxygen atoms in total. The third-order valence-corrected chi connectivity index (χ3v) is 4.81. The maximum atomic E-state index is 5.81. The lowest BCUT2D eigenvalue weighted by Crippen LogP contribution is -2.37. The molecular formula is C17H18N4O2S. The highest BCUT2D eigenvalue weighted by Crippen LogP contribution is 2.24. The van der Waals surface area contributed by atoms with Crippen LogP contribution in [0.3, 0.4) is 0 Å². The maximum Gasteiger partial charge on any atom is 0.230 e. The van der Waals surface area contributed by atoms with Gasteiger partial charge in [0.2, 0.25) is 11.8 Å². The number of ether oxygens (including phenoxy) is 1. The van der Waals surface area contributed by atoms with Gasteiger partial charge in [0, 0.05) is 24.7 Å². The summed E-state index contributed by atoms with van der Waals surface area (Å²) in [6.07, 6.45) is 2.51. The minimum atomic E-state index is 0.0328. The summed E-state index contributed by atoms with van der Waals surface area (Å²) in [5.41, 5.74) is 1.17. The van der Waals surface area contributed by atoms with E-state index in [1.807, 2.05) is 29.8 Å². The number of nitrogens with zero attached hydrogens (tertiary/aromatic N) is 4. The van der Waals surface area contributed by atoms with Crippen LogP contribution in [0.25, 0.3) is 0 Å². The number of aromatic nitrogens is 3. The molecule has 1 aliphatic heterocycles. The van der Waals surface area contributed by atoms with E-state index in [0.717, 1.165) is 18.1 Å². The standard InChI is InChI=1S/C17H18N4O2S/c1-2-4-13(5-3-1)10-15-19-20-16(23-15)12-21-7-8-22-14(11-21)17-18-6-9-24-17/h1-6,9,14H,7-8,10-12H2. The van der Waals surface area contributed by atoms with Gasteiger partial charge in [-0.15, -0.1) is 21.5 Å². The van der Waals surface area contributed by atoms with Crippen LogP contribution in [-0.2, 0) is 17.7 Å². The molecule has 7 heteroatoms. The van der Waals surface area contributed by atoms with E-state index in [0.29, 0.717) is 31.4 Å². The minimum absolute atomic E-state index is 0.0328. The van der Waals surface area contributed by atoms with Gasteiger partial charge in [0.1, 0.15) is 11.1 Å². The van der Waals surface area contributed by atoms with E-state index in [4.69, 9.17) is 9.15 Å².